The Hall–Kier alpha value is -4.99. The maximum Gasteiger partial charge on any atom is 2.00 e. The van der Waals surface area contributed by atoms with Gasteiger partial charge in [0.1, 0.15) is 11.5 Å². The second-order valence-electron chi connectivity index (χ2n) is 21.7. The summed E-state index contributed by atoms with van der Waals surface area (Å²) in [6, 6.07) is 29.4. The summed E-state index contributed by atoms with van der Waals surface area (Å²) in [6.07, 6.45) is 0.129. The molecule has 7 aromatic rings. The Kier molecular flexibility index (Phi) is 9.29. The summed E-state index contributed by atoms with van der Waals surface area (Å²) in [5.74, 6) is 1.44. The van der Waals surface area contributed by atoms with Crippen molar-refractivity contribution >= 4 is 27.8 Å². The van der Waals surface area contributed by atoms with Gasteiger partial charge in [-0.25, -0.2) is 4.98 Å². The molecule has 1 aliphatic carbocycles. The molecule has 0 saturated heterocycles. The largest absolute Gasteiger partial charge is 2.00 e. The molecular formula is C58H61N3O2Pt. The van der Waals surface area contributed by atoms with Crippen LogP contribution in [0.25, 0.3) is 38.8 Å². The van der Waals surface area contributed by atoms with Crippen molar-refractivity contribution in [3.63, 3.8) is 0 Å². The van der Waals surface area contributed by atoms with E-state index in [1.807, 2.05) is 26.1 Å². The van der Waals surface area contributed by atoms with Crippen molar-refractivity contribution in [2.24, 2.45) is 10.4 Å². The van der Waals surface area contributed by atoms with Gasteiger partial charge >= 0.3 is 21.1 Å². The Balaban J connectivity index is 0.00000548. The summed E-state index contributed by atoms with van der Waals surface area (Å²) in [7, 11) is 0. The molecule has 5 nitrogen and oxygen atoms in total. The van der Waals surface area contributed by atoms with Gasteiger partial charge in [0.15, 0.2) is 5.60 Å². The van der Waals surface area contributed by atoms with E-state index in [1.165, 1.54) is 22.1 Å². The molecule has 10 rings (SSSR count). The molecule has 0 fully saturated rings. The van der Waals surface area contributed by atoms with E-state index in [9.17, 15) is 2.74 Å². The standard InChI is InChI=1S/C58H61N3O2.Pt/c1-31-17-36(6)50(37(7)18-31)38-23-39(53-60-57(16)29-40-20-33(3)34(4)21-45(40)58(57,63-53)55(11,12)13)25-42(24-38)62-49-28-48-46(22-35(49)5)56(14,15)47-27-41(54(8,9)10)26-43-44-19-32(2)30-59-52(44)61(48)51(43)47;/h17-24,26-27,30H,29H2,1-16H3;/q-2;+2/t57-,58-;/m1./s1/i29D2;. The molecule has 6 heteroatoms. The molecule has 64 heavy (non-hydrogen) atoms. The number of aryl methyl sites for hydroxylation is 7. The van der Waals surface area contributed by atoms with Crippen molar-refractivity contribution in [3.8, 4) is 28.3 Å². The van der Waals surface area contributed by atoms with E-state index in [1.54, 1.807) is 0 Å². The fraction of sp³-hybridized carbons (Fsp3) is 0.379. The number of aromatic nitrogens is 2. The summed E-state index contributed by atoms with van der Waals surface area (Å²) >= 11 is 0. The summed E-state index contributed by atoms with van der Waals surface area (Å²) in [6.45, 7) is 34.6. The molecule has 2 atom stereocenters. The normalized spacial score (nSPS) is 20.8. The van der Waals surface area contributed by atoms with Crippen molar-refractivity contribution in [2.45, 2.75) is 139 Å². The van der Waals surface area contributed by atoms with E-state index in [4.69, 9.17) is 19.5 Å². The van der Waals surface area contributed by atoms with Crippen LogP contribution in [0, 0.1) is 66.0 Å². The Morgan fingerprint density at radius 2 is 1.39 bits per heavy atom. The molecule has 0 bridgehead atoms. The van der Waals surface area contributed by atoms with Gasteiger partial charge in [0.2, 0.25) is 0 Å². The van der Waals surface area contributed by atoms with Crippen molar-refractivity contribution in [1.29, 1.82) is 0 Å². The van der Waals surface area contributed by atoms with Gasteiger partial charge in [0, 0.05) is 48.6 Å². The number of aliphatic imine (C=N–C) groups is 1. The van der Waals surface area contributed by atoms with Gasteiger partial charge in [-0.2, -0.15) is 6.07 Å². The fourth-order valence-corrected chi connectivity index (χ4v) is 11.2. The Morgan fingerprint density at radius 3 is 2.06 bits per heavy atom. The minimum Gasteiger partial charge on any atom is -0.507 e. The Bertz CT molecular complexity index is 3270. The van der Waals surface area contributed by atoms with Crippen LogP contribution < -0.4 is 4.74 Å². The number of pyridine rings is 1. The Labute approximate surface area is 397 Å². The van der Waals surface area contributed by atoms with Crippen LogP contribution in [0.4, 0.5) is 0 Å². The van der Waals surface area contributed by atoms with Crippen LogP contribution in [-0.2, 0) is 48.6 Å². The molecule has 0 N–H and O–H groups in total. The van der Waals surface area contributed by atoms with E-state index >= 15 is 0 Å². The van der Waals surface area contributed by atoms with E-state index < -0.39 is 22.9 Å². The maximum absolute atomic E-state index is 9.80. The topological polar surface area (TPSA) is 48.6 Å². The first-order valence-corrected chi connectivity index (χ1v) is 22.5. The number of rotatable bonds is 4. The monoisotopic (exact) mass is 1030 g/mol. The molecule has 3 aliphatic rings. The quantitative estimate of drug-likeness (QED) is 0.165. The molecule has 0 unspecified atom stereocenters. The van der Waals surface area contributed by atoms with Gasteiger partial charge in [0.25, 0.3) is 0 Å². The van der Waals surface area contributed by atoms with Crippen LogP contribution in [0.1, 0.15) is 137 Å². The molecule has 0 radical (unpaired) electrons. The first-order chi connectivity index (χ1) is 30.2. The molecule has 2 aliphatic heterocycles. The first kappa shape index (κ1) is 41.7. The van der Waals surface area contributed by atoms with E-state index in [0.29, 0.717) is 28.5 Å². The van der Waals surface area contributed by atoms with Gasteiger partial charge in [-0.15, -0.1) is 23.3 Å². The van der Waals surface area contributed by atoms with Gasteiger partial charge in [-0.3, -0.25) is 4.99 Å². The summed E-state index contributed by atoms with van der Waals surface area (Å²) < 4.78 is 36.3. The van der Waals surface area contributed by atoms with Crippen LogP contribution in [0.15, 0.2) is 71.9 Å². The third-order valence-electron chi connectivity index (χ3n) is 14.4. The van der Waals surface area contributed by atoms with Crippen LogP contribution in [-0.4, -0.2) is 21.0 Å². The molecule has 2 aromatic heterocycles. The summed E-state index contributed by atoms with van der Waals surface area (Å²) in [5.41, 5.74) is 15.2. The number of hydrogen-bond acceptors (Lipinski definition) is 4. The summed E-state index contributed by atoms with van der Waals surface area (Å²) in [5, 5.41) is 2.33. The van der Waals surface area contributed by atoms with Crippen molar-refractivity contribution in [1.82, 2.24) is 9.55 Å². The van der Waals surface area contributed by atoms with E-state index in [2.05, 4.69) is 168 Å². The van der Waals surface area contributed by atoms with Gasteiger partial charge in [-0.1, -0.05) is 127 Å². The predicted molar refractivity (Wildman–Crippen MR) is 259 cm³/mol. The minimum absolute atomic E-state index is 0. The van der Waals surface area contributed by atoms with Crippen LogP contribution in [0.2, 0.25) is 0 Å². The smallest absolute Gasteiger partial charge is 0.507 e. The van der Waals surface area contributed by atoms with Gasteiger partial charge < -0.3 is 14.0 Å². The zero-order chi connectivity index (χ0) is 46.9. The molecule has 0 saturated carbocycles. The molecule has 5 aromatic carbocycles. The van der Waals surface area contributed by atoms with Crippen LogP contribution in [0.3, 0.4) is 0 Å². The maximum atomic E-state index is 9.80. The third kappa shape index (κ3) is 6.26. The number of benzene rings is 5. The van der Waals surface area contributed by atoms with Gasteiger partial charge in [-0.05, 0) is 121 Å². The minimum atomic E-state index is -1.82. The third-order valence-corrected chi connectivity index (χ3v) is 14.4. The SMILES string of the molecule is [2H]C1([2H])c2cc(C)c(C)cc2[C@]2(C(C)(C)C)OC(c3[c-]c(Oc4[c-]c5c(cc4C)C(C)(C)c4cc(C(C)(C)C)cc6c7cc(C)cnc7n-5c46)cc(-c4c(C)cc(C)cc4C)c3)=N[C@]12C.[Pt+2]. The first-order valence-electron chi connectivity index (χ1n) is 23.5. The molecule has 0 spiro atoms. The molecule has 4 heterocycles. The average Bonchev–Trinajstić information content (AvgIpc) is 3.75. The second kappa shape index (κ2) is 14.3. The second-order valence-corrected chi connectivity index (χ2v) is 21.7. The average molecular weight is 1030 g/mol. The predicted octanol–water partition coefficient (Wildman–Crippen LogP) is 14.4. The molecule has 330 valence electrons. The fourth-order valence-electron chi connectivity index (χ4n) is 11.2. The van der Waals surface area contributed by atoms with Crippen molar-refractivity contribution in [3.05, 3.63) is 151 Å². The summed E-state index contributed by atoms with van der Waals surface area (Å²) in [4.78, 5) is 10.4. The van der Waals surface area contributed by atoms with E-state index in [0.717, 1.165) is 77.9 Å². The van der Waals surface area contributed by atoms with Crippen LogP contribution >= 0.6 is 0 Å². The Morgan fingerprint density at radius 1 is 0.719 bits per heavy atom. The zero-order valence-corrected chi connectivity index (χ0v) is 42.6. The van der Waals surface area contributed by atoms with Crippen molar-refractivity contribution in [2.75, 3.05) is 0 Å². The number of nitrogens with zero attached hydrogens (tertiary/aromatic N) is 3. The van der Waals surface area contributed by atoms with Crippen LogP contribution in [0.5, 0.6) is 11.5 Å². The number of ether oxygens (including phenoxy) is 2. The number of hydrogen-bond donors (Lipinski definition) is 0. The number of fused-ring (bicyclic) bond motifs is 8. The van der Waals surface area contributed by atoms with Crippen molar-refractivity contribution < 1.29 is 33.3 Å². The zero-order valence-electron chi connectivity index (χ0n) is 42.3. The molecule has 0 amide bonds. The van der Waals surface area contributed by atoms with E-state index in [-0.39, 0.29) is 31.9 Å². The molecular weight excluding hydrogens is 966 g/mol. The van der Waals surface area contributed by atoms with Gasteiger partial charge in [0.05, 0.1) is 11.1 Å².